The highest BCUT2D eigenvalue weighted by Gasteiger charge is 2.09. The van der Waals surface area contributed by atoms with Crippen molar-refractivity contribution in [2.24, 2.45) is 0 Å². The van der Waals surface area contributed by atoms with Crippen molar-refractivity contribution in [2.75, 3.05) is 0 Å². The van der Waals surface area contributed by atoms with Crippen molar-refractivity contribution < 1.29 is 4.79 Å². The number of carbonyl (C=O) groups excluding carboxylic acids is 1. The lowest BCUT2D eigenvalue weighted by Gasteiger charge is -2.03. The van der Waals surface area contributed by atoms with Gasteiger partial charge in [-0.3, -0.25) is 4.79 Å². The summed E-state index contributed by atoms with van der Waals surface area (Å²) in [5, 5.41) is 0. The van der Waals surface area contributed by atoms with Crippen molar-refractivity contribution in [2.45, 2.75) is 20.3 Å². The lowest BCUT2D eigenvalue weighted by Crippen LogP contribution is -2.01. The van der Waals surface area contributed by atoms with Crippen molar-refractivity contribution in [3.05, 3.63) is 55.7 Å². The molecule has 17 heavy (non-hydrogen) atoms. The fraction of sp³-hybridized carbons (Fsp3) is 0.214. The first-order valence-electron chi connectivity index (χ1n) is 5.41. The molecule has 1 aromatic heterocycles. The van der Waals surface area contributed by atoms with E-state index in [1.807, 2.05) is 18.2 Å². The second kappa shape index (κ2) is 5.15. The Morgan fingerprint density at radius 3 is 2.53 bits per heavy atom. The second-order valence-corrected chi connectivity index (χ2v) is 6.59. The largest absolute Gasteiger partial charge is 0.293 e. The molecule has 0 amide bonds. The maximum absolute atomic E-state index is 12.0. The number of hydrogen-bond acceptors (Lipinski definition) is 2. The van der Waals surface area contributed by atoms with Gasteiger partial charge in [0.25, 0.3) is 0 Å². The molecule has 0 atom stereocenters. The Balaban J connectivity index is 2.15. The zero-order chi connectivity index (χ0) is 12.4. The van der Waals surface area contributed by atoms with Gasteiger partial charge in [-0.15, -0.1) is 11.3 Å². The first-order valence-corrected chi connectivity index (χ1v) is 7.02. The van der Waals surface area contributed by atoms with Gasteiger partial charge in [0.15, 0.2) is 5.78 Å². The molecule has 1 nitrogen and oxygen atoms in total. The van der Waals surface area contributed by atoms with Crippen LogP contribution >= 0.6 is 27.3 Å². The number of thiophene rings is 1. The van der Waals surface area contributed by atoms with E-state index in [0.29, 0.717) is 6.42 Å². The fourth-order valence-electron chi connectivity index (χ4n) is 1.65. The van der Waals surface area contributed by atoms with Gasteiger partial charge in [-0.2, -0.15) is 0 Å². The third-order valence-electron chi connectivity index (χ3n) is 2.78. The molecular weight excluding hydrogens is 296 g/mol. The predicted octanol–water partition coefficient (Wildman–Crippen LogP) is 4.55. The Hall–Kier alpha value is -0.930. The third-order valence-corrected chi connectivity index (χ3v) is 4.45. The Labute approximate surface area is 114 Å². The topological polar surface area (TPSA) is 17.1 Å². The molecule has 1 aromatic carbocycles. The Bertz CT molecular complexity index is 557. The summed E-state index contributed by atoms with van der Waals surface area (Å²) in [4.78, 5) is 12.8. The minimum atomic E-state index is 0.184. The van der Waals surface area contributed by atoms with Gasteiger partial charge in [0.05, 0.1) is 8.66 Å². The predicted molar refractivity (Wildman–Crippen MR) is 76.0 cm³/mol. The summed E-state index contributed by atoms with van der Waals surface area (Å²) in [6.45, 7) is 4.16. The van der Waals surface area contributed by atoms with E-state index in [0.717, 1.165) is 14.2 Å². The molecule has 0 saturated heterocycles. The van der Waals surface area contributed by atoms with E-state index in [2.05, 4.69) is 41.9 Å². The third kappa shape index (κ3) is 3.05. The summed E-state index contributed by atoms with van der Waals surface area (Å²) >= 11 is 4.86. The van der Waals surface area contributed by atoms with E-state index >= 15 is 0 Å². The van der Waals surface area contributed by atoms with Crippen LogP contribution in [0.2, 0.25) is 0 Å². The number of Topliss-reactive ketones (excluding diaryl/α,β-unsaturated/α-hetero) is 1. The van der Waals surface area contributed by atoms with E-state index in [1.165, 1.54) is 22.5 Å². The maximum atomic E-state index is 12.0. The van der Waals surface area contributed by atoms with Gasteiger partial charge in [-0.1, -0.05) is 18.2 Å². The van der Waals surface area contributed by atoms with Gasteiger partial charge in [0.1, 0.15) is 0 Å². The average Bonchev–Trinajstić information content (AvgIpc) is 2.70. The highest BCUT2D eigenvalue weighted by molar-refractivity contribution is 9.11. The summed E-state index contributed by atoms with van der Waals surface area (Å²) in [6.07, 6.45) is 0.480. The van der Waals surface area contributed by atoms with Crippen LogP contribution in [0, 0.1) is 13.8 Å². The molecule has 0 aliphatic heterocycles. The van der Waals surface area contributed by atoms with Gasteiger partial charge in [-0.25, -0.2) is 0 Å². The van der Waals surface area contributed by atoms with E-state index < -0.39 is 0 Å². The van der Waals surface area contributed by atoms with Crippen LogP contribution in [0.1, 0.15) is 26.4 Å². The maximum Gasteiger partial charge on any atom is 0.177 e. The van der Waals surface area contributed by atoms with E-state index in [1.54, 1.807) is 0 Å². The van der Waals surface area contributed by atoms with Gasteiger partial charge in [-0.05, 0) is 58.6 Å². The molecule has 3 heteroatoms. The summed E-state index contributed by atoms with van der Waals surface area (Å²) in [5.41, 5.74) is 3.59. The van der Waals surface area contributed by atoms with Gasteiger partial charge in [0.2, 0.25) is 0 Å². The number of halogens is 1. The van der Waals surface area contributed by atoms with Crippen molar-refractivity contribution in [1.82, 2.24) is 0 Å². The summed E-state index contributed by atoms with van der Waals surface area (Å²) in [6, 6.07) is 9.98. The highest BCUT2D eigenvalue weighted by atomic mass is 79.9. The van der Waals surface area contributed by atoms with Crippen molar-refractivity contribution in [3.8, 4) is 0 Å². The zero-order valence-electron chi connectivity index (χ0n) is 9.79. The Kier molecular flexibility index (Phi) is 3.79. The molecule has 88 valence electrons. The molecular formula is C14H13BrOS. The lowest BCUT2D eigenvalue weighted by atomic mass is 10.0. The fourth-order valence-corrected chi connectivity index (χ4v) is 2.97. The van der Waals surface area contributed by atoms with Crippen LogP contribution in [-0.4, -0.2) is 5.78 Å². The number of benzene rings is 1. The van der Waals surface area contributed by atoms with Crippen molar-refractivity contribution >= 4 is 33.0 Å². The number of rotatable bonds is 3. The molecule has 0 N–H and O–H groups in total. The van der Waals surface area contributed by atoms with Crippen LogP contribution in [-0.2, 0) is 6.42 Å². The molecule has 2 rings (SSSR count). The van der Waals surface area contributed by atoms with Crippen LogP contribution in [0.15, 0.2) is 34.1 Å². The number of aryl methyl sites for hydroxylation is 2. The summed E-state index contributed by atoms with van der Waals surface area (Å²) in [7, 11) is 0. The SMILES string of the molecule is Cc1ccc(CC(=O)c2ccc(Br)s2)cc1C. The number of hydrogen-bond donors (Lipinski definition) is 0. The van der Waals surface area contributed by atoms with Crippen molar-refractivity contribution in [1.29, 1.82) is 0 Å². The van der Waals surface area contributed by atoms with Gasteiger partial charge in [0, 0.05) is 6.42 Å². The smallest absolute Gasteiger partial charge is 0.177 e. The van der Waals surface area contributed by atoms with E-state index in [9.17, 15) is 4.79 Å². The minimum absolute atomic E-state index is 0.184. The Morgan fingerprint density at radius 1 is 1.18 bits per heavy atom. The molecule has 0 spiro atoms. The first kappa shape index (κ1) is 12.5. The lowest BCUT2D eigenvalue weighted by molar-refractivity contribution is 0.0997. The molecule has 0 radical (unpaired) electrons. The normalized spacial score (nSPS) is 10.5. The number of carbonyl (C=O) groups is 1. The molecule has 0 saturated carbocycles. The van der Waals surface area contributed by atoms with Crippen molar-refractivity contribution in [3.63, 3.8) is 0 Å². The first-order chi connectivity index (χ1) is 8.06. The van der Waals surface area contributed by atoms with Gasteiger partial charge >= 0.3 is 0 Å². The summed E-state index contributed by atoms with van der Waals surface area (Å²) < 4.78 is 1.00. The molecule has 0 unspecified atom stereocenters. The molecule has 0 bridgehead atoms. The molecule has 0 aliphatic carbocycles. The quantitative estimate of drug-likeness (QED) is 0.760. The van der Waals surface area contributed by atoms with Crippen LogP contribution in [0.3, 0.4) is 0 Å². The zero-order valence-corrected chi connectivity index (χ0v) is 12.2. The highest BCUT2D eigenvalue weighted by Crippen LogP contribution is 2.23. The van der Waals surface area contributed by atoms with Crippen LogP contribution in [0.4, 0.5) is 0 Å². The molecule has 1 heterocycles. The average molecular weight is 309 g/mol. The standard InChI is InChI=1S/C14H13BrOS/c1-9-3-4-11(7-10(9)2)8-12(16)13-5-6-14(15)17-13/h3-7H,8H2,1-2H3. The molecule has 0 fully saturated rings. The van der Waals surface area contributed by atoms with Gasteiger partial charge < -0.3 is 0 Å². The minimum Gasteiger partial charge on any atom is -0.293 e. The molecule has 2 aromatic rings. The van der Waals surface area contributed by atoms with E-state index in [-0.39, 0.29) is 5.78 Å². The van der Waals surface area contributed by atoms with Crippen LogP contribution in [0.25, 0.3) is 0 Å². The summed E-state index contributed by atoms with van der Waals surface area (Å²) in [5.74, 6) is 0.184. The van der Waals surface area contributed by atoms with Crippen LogP contribution in [0.5, 0.6) is 0 Å². The monoisotopic (exact) mass is 308 g/mol. The second-order valence-electron chi connectivity index (χ2n) is 4.12. The van der Waals surface area contributed by atoms with E-state index in [4.69, 9.17) is 0 Å². The molecule has 0 aliphatic rings. The Morgan fingerprint density at radius 2 is 1.94 bits per heavy atom. The van der Waals surface area contributed by atoms with Crippen LogP contribution < -0.4 is 0 Å². The number of ketones is 1.